The SMILES string of the molecule is COc1ccc(NC(=O)[C@@H](C)Oc2ccc3c(c2)OCO3)cc1Cl. The smallest absolute Gasteiger partial charge is 0.265 e. The van der Waals surface area contributed by atoms with Crippen LogP contribution in [0.2, 0.25) is 5.02 Å². The van der Waals surface area contributed by atoms with E-state index < -0.39 is 6.10 Å². The Morgan fingerprint density at radius 2 is 2.00 bits per heavy atom. The highest BCUT2D eigenvalue weighted by atomic mass is 35.5. The van der Waals surface area contributed by atoms with E-state index >= 15 is 0 Å². The Labute approximate surface area is 144 Å². The van der Waals surface area contributed by atoms with Crippen molar-refractivity contribution in [2.24, 2.45) is 0 Å². The predicted octanol–water partition coefficient (Wildman–Crippen LogP) is 3.48. The number of halogens is 1. The fourth-order valence-corrected chi connectivity index (χ4v) is 2.45. The number of carbonyl (C=O) groups excluding carboxylic acids is 1. The Kier molecular flexibility index (Phi) is 4.66. The second kappa shape index (κ2) is 6.88. The average Bonchev–Trinajstić information content (AvgIpc) is 3.02. The molecule has 7 heteroatoms. The summed E-state index contributed by atoms with van der Waals surface area (Å²) in [7, 11) is 1.53. The highest BCUT2D eigenvalue weighted by Gasteiger charge is 2.18. The van der Waals surface area contributed by atoms with E-state index in [0.29, 0.717) is 33.7 Å². The first-order chi connectivity index (χ1) is 11.6. The molecule has 0 fully saturated rings. The van der Waals surface area contributed by atoms with Crippen molar-refractivity contribution in [3.05, 3.63) is 41.4 Å². The van der Waals surface area contributed by atoms with E-state index in [9.17, 15) is 4.79 Å². The molecule has 1 amide bonds. The second-order valence-corrected chi connectivity index (χ2v) is 5.52. The maximum atomic E-state index is 12.2. The van der Waals surface area contributed by atoms with Crippen LogP contribution in [0.1, 0.15) is 6.92 Å². The number of rotatable bonds is 5. The number of methoxy groups -OCH3 is 1. The fraction of sp³-hybridized carbons (Fsp3) is 0.235. The third-order valence-electron chi connectivity index (χ3n) is 3.45. The summed E-state index contributed by atoms with van der Waals surface area (Å²) in [4.78, 5) is 12.2. The van der Waals surface area contributed by atoms with Gasteiger partial charge in [0.1, 0.15) is 11.5 Å². The summed E-state index contributed by atoms with van der Waals surface area (Å²) in [6.07, 6.45) is -0.703. The number of nitrogens with one attached hydrogen (secondary N) is 1. The van der Waals surface area contributed by atoms with Gasteiger partial charge in [0, 0.05) is 11.8 Å². The van der Waals surface area contributed by atoms with E-state index in [-0.39, 0.29) is 12.7 Å². The zero-order valence-corrected chi connectivity index (χ0v) is 13.9. The lowest BCUT2D eigenvalue weighted by molar-refractivity contribution is -0.122. The zero-order chi connectivity index (χ0) is 17.1. The number of anilines is 1. The summed E-state index contributed by atoms with van der Waals surface area (Å²) < 4.78 is 21.2. The van der Waals surface area contributed by atoms with Gasteiger partial charge < -0.3 is 24.3 Å². The molecule has 3 rings (SSSR count). The average molecular weight is 350 g/mol. The molecule has 0 saturated carbocycles. The van der Waals surface area contributed by atoms with Crippen LogP contribution >= 0.6 is 11.6 Å². The van der Waals surface area contributed by atoms with Gasteiger partial charge in [-0.15, -0.1) is 0 Å². The number of benzene rings is 2. The maximum Gasteiger partial charge on any atom is 0.265 e. The lowest BCUT2D eigenvalue weighted by Gasteiger charge is -2.15. The van der Waals surface area contributed by atoms with Gasteiger partial charge in [-0.3, -0.25) is 4.79 Å². The second-order valence-electron chi connectivity index (χ2n) is 5.11. The lowest BCUT2D eigenvalue weighted by atomic mass is 10.2. The number of amides is 1. The molecule has 0 aromatic heterocycles. The van der Waals surface area contributed by atoms with E-state index in [1.54, 1.807) is 43.3 Å². The minimum absolute atomic E-state index is 0.188. The molecule has 0 saturated heterocycles. The summed E-state index contributed by atoms with van der Waals surface area (Å²) in [5, 5.41) is 3.16. The van der Waals surface area contributed by atoms with E-state index in [4.69, 9.17) is 30.5 Å². The van der Waals surface area contributed by atoms with Gasteiger partial charge in [0.05, 0.1) is 12.1 Å². The standard InChI is InChI=1S/C17H16ClNO5/c1-10(24-12-4-6-15-16(8-12)23-9-22-15)17(20)19-11-3-5-14(21-2)13(18)7-11/h3-8,10H,9H2,1-2H3,(H,19,20)/t10-/m1/s1. The number of hydrogen-bond acceptors (Lipinski definition) is 5. The van der Waals surface area contributed by atoms with Crippen LogP contribution in [-0.4, -0.2) is 25.9 Å². The molecule has 0 radical (unpaired) electrons. The summed E-state index contributed by atoms with van der Waals surface area (Å²) >= 11 is 6.04. The first-order valence-corrected chi connectivity index (χ1v) is 7.65. The molecule has 24 heavy (non-hydrogen) atoms. The molecule has 0 spiro atoms. The van der Waals surface area contributed by atoms with Crippen molar-refractivity contribution >= 4 is 23.2 Å². The molecular formula is C17H16ClNO5. The van der Waals surface area contributed by atoms with Crippen LogP contribution < -0.4 is 24.3 Å². The lowest BCUT2D eigenvalue weighted by Crippen LogP contribution is -2.30. The third-order valence-corrected chi connectivity index (χ3v) is 3.74. The van der Waals surface area contributed by atoms with Crippen molar-refractivity contribution < 1.29 is 23.7 Å². The van der Waals surface area contributed by atoms with E-state index in [1.165, 1.54) is 7.11 Å². The topological polar surface area (TPSA) is 66.0 Å². The molecule has 1 aliphatic rings. The van der Waals surface area contributed by atoms with Crippen LogP contribution in [0.15, 0.2) is 36.4 Å². The number of ether oxygens (including phenoxy) is 4. The van der Waals surface area contributed by atoms with Crippen LogP contribution in [0, 0.1) is 0 Å². The summed E-state index contributed by atoms with van der Waals surface area (Å²) in [6, 6.07) is 10.2. The largest absolute Gasteiger partial charge is 0.495 e. The fourth-order valence-electron chi connectivity index (χ4n) is 2.20. The Morgan fingerprint density at radius 1 is 1.21 bits per heavy atom. The normalized spacial score (nSPS) is 13.3. The quantitative estimate of drug-likeness (QED) is 0.895. The highest BCUT2D eigenvalue weighted by molar-refractivity contribution is 6.32. The molecule has 1 atom stereocenters. The van der Waals surface area contributed by atoms with Crippen LogP contribution in [0.25, 0.3) is 0 Å². The van der Waals surface area contributed by atoms with Gasteiger partial charge in [0.15, 0.2) is 17.6 Å². The summed E-state index contributed by atoms with van der Waals surface area (Å²) in [6.45, 7) is 1.85. The van der Waals surface area contributed by atoms with Crippen molar-refractivity contribution in [1.29, 1.82) is 0 Å². The Morgan fingerprint density at radius 3 is 2.75 bits per heavy atom. The molecule has 1 N–H and O–H groups in total. The molecule has 2 aromatic rings. The first kappa shape index (κ1) is 16.3. The highest BCUT2D eigenvalue weighted by Crippen LogP contribution is 2.35. The first-order valence-electron chi connectivity index (χ1n) is 7.27. The third kappa shape index (κ3) is 3.49. The van der Waals surface area contributed by atoms with Crippen LogP contribution in [0.5, 0.6) is 23.0 Å². The Hall–Kier alpha value is -2.60. The van der Waals surface area contributed by atoms with Gasteiger partial charge in [0.2, 0.25) is 6.79 Å². The summed E-state index contributed by atoms with van der Waals surface area (Å²) in [5.74, 6) is 2.03. The summed E-state index contributed by atoms with van der Waals surface area (Å²) in [5.41, 5.74) is 0.562. The monoisotopic (exact) mass is 349 g/mol. The number of fused-ring (bicyclic) bond motifs is 1. The number of hydrogen-bond donors (Lipinski definition) is 1. The van der Waals surface area contributed by atoms with Gasteiger partial charge in [-0.1, -0.05) is 11.6 Å². The minimum atomic E-state index is -0.703. The Bertz CT molecular complexity index is 765. The van der Waals surface area contributed by atoms with Crippen LogP contribution in [0.3, 0.4) is 0 Å². The van der Waals surface area contributed by atoms with Crippen molar-refractivity contribution in [3.63, 3.8) is 0 Å². The molecule has 2 aromatic carbocycles. The predicted molar refractivity (Wildman–Crippen MR) is 89.3 cm³/mol. The molecule has 6 nitrogen and oxygen atoms in total. The van der Waals surface area contributed by atoms with E-state index in [1.807, 2.05) is 0 Å². The molecule has 0 bridgehead atoms. The Balaban J connectivity index is 1.63. The minimum Gasteiger partial charge on any atom is -0.495 e. The molecule has 1 heterocycles. The molecule has 0 unspecified atom stereocenters. The van der Waals surface area contributed by atoms with Crippen LogP contribution in [0.4, 0.5) is 5.69 Å². The van der Waals surface area contributed by atoms with Gasteiger partial charge in [-0.25, -0.2) is 0 Å². The molecule has 0 aliphatic carbocycles. The van der Waals surface area contributed by atoms with E-state index in [0.717, 1.165) is 0 Å². The van der Waals surface area contributed by atoms with Crippen molar-refractivity contribution in [2.75, 3.05) is 19.2 Å². The van der Waals surface area contributed by atoms with Crippen molar-refractivity contribution in [1.82, 2.24) is 0 Å². The zero-order valence-electron chi connectivity index (χ0n) is 13.2. The van der Waals surface area contributed by atoms with Crippen molar-refractivity contribution in [2.45, 2.75) is 13.0 Å². The maximum absolute atomic E-state index is 12.2. The molecule has 126 valence electrons. The van der Waals surface area contributed by atoms with Gasteiger partial charge in [0.25, 0.3) is 5.91 Å². The van der Waals surface area contributed by atoms with Gasteiger partial charge in [-0.2, -0.15) is 0 Å². The van der Waals surface area contributed by atoms with Crippen molar-refractivity contribution in [3.8, 4) is 23.0 Å². The molecular weight excluding hydrogens is 334 g/mol. The van der Waals surface area contributed by atoms with Gasteiger partial charge >= 0.3 is 0 Å². The van der Waals surface area contributed by atoms with E-state index in [2.05, 4.69) is 5.32 Å². The van der Waals surface area contributed by atoms with Crippen LogP contribution in [-0.2, 0) is 4.79 Å². The van der Waals surface area contributed by atoms with Gasteiger partial charge in [-0.05, 0) is 37.3 Å². The number of carbonyl (C=O) groups is 1. The molecule has 1 aliphatic heterocycles.